The van der Waals surface area contributed by atoms with E-state index in [0.717, 1.165) is 6.42 Å². The highest BCUT2D eigenvalue weighted by Gasteiger charge is 2.34. The van der Waals surface area contributed by atoms with Gasteiger partial charge in [-0.2, -0.15) is 5.26 Å². The number of carbonyl (C=O) groups excluding carboxylic acids is 1. The molecular weight excluding hydrogens is 459 g/mol. The smallest absolute Gasteiger partial charge is 0.347 e. The highest BCUT2D eigenvalue weighted by molar-refractivity contribution is 6.31. The van der Waals surface area contributed by atoms with Gasteiger partial charge in [-0.15, -0.1) is 0 Å². The van der Waals surface area contributed by atoms with E-state index < -0.39 is 17.7 Å². The molecule has 0 bridgehead atoms. The number of nitrogens with zero attached hydrogens (tertiary/aromatic N) is 1. The fourth-order valence-electron chi connectivity index (χ4n) is 3.72. The summed E-state index contributed by atoms with van der Waals surface area (Å²) < 4.78 is 31.6. The van der Waals surface area contributed by atoms with Crippen LogP contribution in [0, 0.1) is 17.1 Å². The molecule has 0 amide bonds. The first kappa shape index (κ1) is 23.1. The molecule has 1 aliphatic rings. The Labute approximate surface area is 200 Å². The molecular formula is C26H20ClFN2O4. The van der Waals surface area contributed by atoms with Gasteiger partial charge in [0.25, 0.3) is 0 Å². The third-order valence-corrected chi connectivity index (χ3v) is 5.59. The van der Waals surface area contributed by atoms with Crippen LogP contribution in [0.15, 0.2) is 72.1 Å². The number of esters is 1. The van der Waals surface area contributed by atoms with Gasteiger partial charge in [0, 0.05) is 22.2 Å². The lowest BCUT2D eigenvalue weighted by atomic mass is 9.83. The third-order valence-electron chi connectivity index (χ3n) is 5.26. The Morgan fingerprint density at radius 2 is 2.00 bits per heavy atom. The summed E-state index contributed by atoms with van der Waals surface area (Å²) in [5.41, 5.74) is 6.87. The van der Waals surface area contributed by atoms with Crippen molar-refractivity contribution in [1.29, 1.82) is 5.26 Å². The van der Waals surface area contributed by atoms with Gasteiger partial charge in [-0.3, -0.25) is 0 Å². The molecule has 3 aromatic rings. The van der Waals surface area contributed by atoms with Crippen molar-refractivity contribution in [3.63, 3.8) is 0 Å². The van der Waals surface area contributed by atoms with E-state index in [2.05, 4.69) is 0 Å². The molecule has 8 heteroatoms. The molecule has 0 radical (unpaired) electrons. The van der Waals surface area contributed by atoms with Gasteiger partial charge in [0.15, 0.2) is 0 Å². The predicted molar refractivity (Wildman–Crippen MR) is 124 cm³/mol. The normalized spacial score (nSPS) is 14.6. The molecule has 0 saturated heterocycles. The molecule has 172 valence electrons. The summed E-state index contributed by atoms with van der Waals surface area (Å²) in [6, 6.07) is 17.6. The highest BCUT2D eigenvalue weighted by Crippen LogP contribution is 2.46. The zero-order valence-corrected chi connectivity index (χ0v) is 18.9. The van der Waals surface area contributed by atoms with Gasteiger partial charge in [0.05, 0.1) is 12.5 Å². The molecule has 1 atom stereocenters. The molecule has 0 saturated carbocycles. The lowest BCUT2D eigenvalue weighted by Crippen LogP contribution is -2.22. The summed E-state index contributed by atoms with van der Waals surface area (Å²) in [5, 5.41) is 9.82. The molecule has 0 spiro atoms. The van der Waals surface area contributed by atoms with E-state index >= 15 is 0 Å². The first-order valence-corrected chi connectivity index (χ1v) is 10.9. The summed E-state index contributed by atoms with van der Waals surface area (Å²) in [7, 11) is 0. The van der Waals surface area contributed by atoms with Gasteiger partial charge in [-0.1, -0.05) is 42.8 Å². The minimum Gasteiger partial charge on any atom is -0.493 e. The van der Waals surface area contributed by atoms with E-state index in [-0.39, 0.29) is 39.1 Å². The van der Waals surface area contributed by atoms with Crippen LogP contribution in [-0.4, -0.2) is 12.6 Å². The van der Waals surface area contributed by atoms with E-state index in [1.54, 1.807) is 30.3 Å². The third kappa shape index (κ3) is 4.41. The van der Waals surface area contributed by atoms with Crippen molar-refractivity contribution in [2.45, 2.75) is 19.3 Å². The number of halogens is 2. The monoisotopic (exact) mass is 478 g/mol. The van der Waals surface area contributed by atoms with Crippen molar-refractivity contribution in [2.24, 2.45) is 5.73 Å². The Hall–Kier alpha value is -4.02. The Balaban J connectivity index is 1.69. The second-order valence-corrected chi connectivity index (χ2v) is 7.90. The van der Waals surface area contributed by atoms with Gasteiger partial charge in [0.2, 0.25) is 5.88 Å². The standard InChI is InChI=1S/C26H20ClFN2O4/c1-2-12-32-21-9-4-3-6-17(21)26(31)33-15-10-11-16-22(13-15)34-25(30)18(14-29)23(16)24-19(27)7-5-8-20(24)28/h3-11,13,23H,2,12,30H2,1H3. The number of para-hydroxylation sites is 1. The number of hydrogen-bond donors (Lipinski definition) is 1. The van der Waals surface area contributed by atoms with Crippen LogP contribution in [0.4, 0.5) is 4.39 Å². The van der Waals surface area contributed by atoms with Crippen molar-refractivity contribution < 1.29 is 23.4 Å². The van der Waals surface area contributed by atoms with Crippen LogP contribution in [0.25, 0.3) is 0 Å². The first-order chi connectivity index (χ1) is 16.4. The summed E-state index contributed by atoms with van der Waals surface area (Å²) in [6.45, 7) is 2.43. The molecule has 3 aromatic carbocycles. The summed E-state index contributed by atoms with van der Waals surface area (Å²) in [5.74, 6) is -1.43. The van der Waals surface area contributed by atoms with E-state index in [1.807, 2.05) is 13.0 Å². The van der Waals surface area contributed by atoms with Crippen LogP contribution < -0.4 is 19.9 Å². The van der Waals surface area contributed by atoms with Crippen molar-refractivity contribution in [3.8, 4) is 23.3 Å². The number of carbonyl (C=O) groups is 1. The highest BCUT2D eigenvalue weighted by atomic mass is 35.5. The number of ether oxygens (including phenoxy) is 3. The van der Waals surface area contributed by atoms with Crippen LogP contribution >= 0.6 is 11.6 Å². The molecule has 4 rings (SSSR count). The Bertz CT molecular complexity index is 1310. The lowest BCUT2D eigenvalue weighted by Gasteiger charge is -2.27. The molecule has 34 heavy (non-hydrogen) atoms. The number of nitriles is 1. The molecule has 0 fully saturated rings. The van der Waals surface area contributed by atoms with E-state index in [9.17, 15) is 14.4 Å². The van der Waals surface area contributed by atoms with Gasteiger partial charge >= 0.3 is 5.97 Å². The van der Waals surface area contributed by atoms with Crippen LogP contribution in [0.5, 0.6) is 17.2 Å². The quantitative estimate of drug-likeness (QED) is 0.360. The maximum Gasteiger partial charge on any atom is 0.347 e. The second-order valence-electron chi connectivity index (χ2n) is 7.49. The summed E-state index contributed by atoms with van der Waals surface area (Å²) >= 11 is 6.28. The summed E-state index contributed by atoms with van der Waals surface area (Å²) in [6.07, 6.45) is 0.790. The Kier molecular flexibility index (Phi) is 6.71. The molecule has 1 aliphatic heterocycles. The topological polar surface area (TPSA) is 94.6 Å². The van der Waals surface area contributed by atoms with Gasteiger partial charge < -0.3 is 19.9 Å². The minimum absolute atomic E-state index is 0.0336. The number of allylic oxidation sites excluding steroid dienone is 1. The fourth-order valence-corrected chi connectivity index (χ4v) is 3.99. The van der Waals surface area contributed by atoms with Gasteiger partial charge in [-0.05, 0) is 36.8 Å². The Morgan fingerprint density at radius 1 is 1.21 bits per heavy atom. The number of benzene rings is 3. The van der Waals surface area contributed by atoms with Crippen LogP contribution in [0.1, 0.15) is 40.7 Å². The van der Waals surface area contributed by atoms with Gasteiger partial charge in [-0.25, -0.2) is 9.18 Å². The predicted octanol–water partition coefficient (Wildman–Crippen LogP) is 5.71. The van der Waals surface area contributed by atoms with Crippen LogP contribution in [0.3, 0.4) is 0 Å². The van der Waals surface area contributed by atoms with Gasteiger partial charge in [0.1, 0.15) is 40.3 Å². The van der Waals surface area contributed by atoms with Crippen molar-refractivity contribution >= 4 is 17.6 Å². The maximum atomic E-state index is 14.8. The minimum atomic E-state index is -0.879. The average molecular weight is 479 g/mol. The number of nitrogens with two attached hydrogens (primary N) is 1. The largest absolute Gasteiger partial charge is 0.493 e. The Morgan fingerprint density at radius 3 is 2.74 bits per heavy atom. The van der Waals surface area contributed by atoms with Crippen molar-refractivity contribution in [1.82, 2.24) is 0 Å². The van der Waals surface area contributed by atoms with E-state index in [0.29, 0.717) is 17.9 Å². The van der Waals surface area contributed by atoms with E-state index in [1.165, 1.54) is 30.3 Å². The fraction of sp³-hybridized carbons (Fsp3) is 0.154. The molecule has 6 nitrogen and oxygen atoms in total. The molecule has 2 N–H and O–H groups in total. The van der Waals surface area contributed by atoms with Crippen LogP contribution in [0.2, 0.25) is 5.02 Å². The van der Waals surface area contributed by atoms with Crippen LogP contribution in [-0.2, 0) is 0 Å². The van der Waals surface area contributed by atoms with E-state index in [4.69, 9.17) is 31.5 Å². The number of rotatable bonds is 6. The zero-order chi connectivity index (χ0) is 24.2. The lowest BCUT2D eigenvalue weighted by molar-refractivity contribution is 0.0730. The SMILES string of the molecule is CCCOc1ccccc1C(=O)Oc1ccc2c(c1)OC(N)=C(C#N)C2c1c(F)cccc1Cl. The molecule has 0 aromatic heterocycles. The maximum absolute atomic E-state index is 14.8. The zero-order valence-electron chi connectivity index (χ0n) is 18.2. The van der Waals surface area contributed by atoms with Crippen molar-refractivity contribution in [3.05, 3.63) is 99.7 Å². The second kappa shape index (κ2) is 9.86. The van der Waals surface area contributed by atoms with Crippen molar-refractivity contribution in [2.75, 3.05) is 6.61 Å². The molecule has 0 aliphatic carbocycles. The molecule has 1 unspecified atom stereocenters. The molecule has 1 heterocycles. The first-order valence-electron chi connectivity index (χ1n) is 10.5. The summed E-state index contributed by atoms with van der Waals surface area (Å²) in [4.78, 5) is 12.8. The average Bonchev–Trinajstić information content (AvgIpc) is 2.82. The number of fused-ring (bicyclic) bond motifs is 1. The number of hydrogen-bond acceptors (Lipinski definition) is 6.